The second-order valence-corrected chi connectivity index (χ2v) is 2.69. The van der Waals surface area contributed by atoms with Gasteiger partial charge < -0.3 is 11.1 Å². The molecular formula is C8H14N4. The molecule has 0 unspecified atom stereocenters. The van der Waals surface area contributed by atoms with Crippen LogP contribution in [0.25, 0.3) is 0 Å². The third-order valence-electron chi connectivity index (χ3n) is 1.54. The molecule has 0 fully saturated rings. The third kappa shape index (κ3) is 2.08. The highest BCUT2D eigenvalue weighted by molar-refractivity contribution is 5.41. The van der Waals surface area contributed by atoms with Gasteiger partial charge >= 0.3 is 0 Å². The molecule has 1 aromatic heterocycles. The number of hydrogen-bond donors (Lipinski definition) is 2. The molecule has 0 aliphatic heterocycles. The SMILES string of the molecule is CCCNc1ncc(C)c(N)n1. The third-order valence-corrected chi connectivity index (χ3v) is 1.54. The highest BCUT2D eigenvalue weighted by Gasteiger charge is 1.97. The lowest BCUT2D eigenvalue weighted by Crippen LogP contribution is -2.06. The van der Waals surface area contributed by atoms with Gasteiger partial charge in [-0.05, 0) is 13.3 Å². The average Bonchev–Trinajstić information content (AvgIpc) is 2.07. The monoisotopic (exact) mass is 166 g/mol. The van der Waals surface area contributed by atoms with E-state index < -0.39 is 0 Å². The Morgan fingerprint density at radius 2 is 2.33 bits per heavy atom. The maximum Gasteiger partial charge on any atom is 0.224 e. The number of nitrogens with zero attached hydrogens (tertiary/aromatic N) is 2. The van der Waals surface area contributed by atoms with Crippen molar-refractivity contribution in [2.24, 2.45) is 0 Å². The van der Waals surface area contributed by atoms with Gasteiger partial charge in [0.15, 0.2) is 0 Å². The van der Waals surface area contributed by atoms with Crippen LogP contribution in [0.5, 0.6) is 0 Å². The maximum absolute atomic E-state index is 5.60. The number of rotatable bonds is 3. The highest BCUT2D eigenvalue weighted by atomic mass is 15.1. The van der Waals surface area contributed by atoms with Crippen LogP contribution in [0.3, 0.4) is 0 Å². The second kappa shape index (κ2) is 3.90. The van der Waals surface area contributed by atoms with Gasteiger partial charge in [-0.3, -0.25) is 0 Å². The van der Waals surface area contributed by atoms with Crippen molar-refractivity contribution in [2.75, 3.05) is 17.6 Å². The molecule has 0 radical (unpaired) electrons. The number of anilines is 2. The number of nitrogens with two attached hydrogens (primary N) is 1. The maximum atomic E-state index is 5.60. The van der Waals surface area contributed by atoms with Gasteiger partial charge in [0.2, 0.25) is 5.95 Å². The van der Waals surface area contributed by atoms with E-state index in [1.807, 2.05) is 6.92 Å². The molecule has 1 rings (SSSR count). The molecule has 0 amide bonds. The van der Waals surface area contributed by atoms with Gasteiger partial charge in [0.05, 0.1) is 0 Å². The van der Waals surface area contributed by atoms with Crippen LogP contribution in [0.15, 0.2) is 6.20 Å². The minimum Gasteiger partial charge on any atom is -0.383 e. The van der Waals surface area contributed by atoms with Crippen molar-refractivity contribution in [2.45, 2.75) is 20.3 Å². The molecule has 0 bridgehead atoms. The summed E-state index contributed by atoms with van der Waals surface area (Å²) in [5, 5.41) is 3.06. The predicted octanol–water partition coefficient (Wildman–Crippen LogP) is 1.19. The molecule has 4 nitrogen and oxygen atoms in total. The van der Waals surface area contributed by atoms with E-state index in [9.17, 15) is 0 Å². The molecule has 0 atom stereocenters. The molecule has 4 heteroatoms. The first-order valence-electron chi connectivity index (χ1n) is 4.07. The summed E-state index contributed by atoms with van der Waals surface area (Å²) in [5.74, 6) is 1.16. The summed E-state index contributed by atoms with van der Waals surface area (Å²) in [7, 11) is 0. The summed E-state index contributed by atoms with van der Waals surface area (Å²) in [4.78, 5) is 8.14. The number of aryl methyl sites for hydroxylation is 1. The van der Waals surface area contributed by atoms with E-state index in [0.717, 1.165) is 18.5 Å². The Labute approximate surface area is 72.2 Å². The van der Waals surface area contributed by atoms with Gasteiger partial charge in [0.1, 0.15) is 5.82 Å². The van der Waals surface area contributed by atoms with Gasteiger partial charge in [-0.25, -0.2) is 4.98 Å². The Morgan fingerprint density at radius 3 is 2.92 bits per heavy atom. The minimum absolute atomic E-state index is 0.545. The molecule has 66 valence electrons. The van der Waals surface area contributed by atoms with E-state index >= 15 is 0 Å². The van der Waals surface area contributed by atoms with E-state index in [-0.39, 0.29) is 0 Å². The fraction of sp³-hybridized carbons (Fsp3) is 0.500. The van der Waals surface area contributed by atoms with Crippen LogP contribution < -0.4 is 11.1 Å². The molecular weight excluding hydrogens is 152 g/mol. The summed E-state index contributed by atoms with van der Waals surface area (Å²) in [5.41, 5.74) is 6.52. The second-order valence-electron chi connectivity index (χ2n) is 2.69. The Bertz CT molecular complexity index is 259. The molecule has 3 N–H and O–H groups in total. The lowest BCUT2D eigenvalue weighted by atomic mass is 10.3. The first-order chi connectivity index (χ1) is 5.74. The van der Waals surface area contributed by atoms with Crippen molar-refractivity contribution >= 4 is 11.8 Å². The lowest BCUT2D eigenvalue weighted by Gasteiger charge is -2.03. The molecule has 0 aliphatic rings. The van der Waals surface area contributed by atoms with Crippen LogP contribution in [0, 0.1) is 6.92 Å². The van der Waals surface area contributed by atoms with E-state index in [2.05, 4.69) is 22.2 Å². The molecule has 1 aromatic rings. The number of nitrogens with one attached hydrogen (secondary N) is 1. The van der Waals surface area contributed by atoms with Crippen LogP contribution in [0.2, 0.25) is 0 Å². The summed E-state index contributed by atoms with van der Waals surface area (Å²) in [6, 6.07) is 0. The van der Waals surface area contributed by atoms with Crippen LogP contribution in [-0.4, -0.2) is 16.5 Å². The topological polar surface area (TPSA) is 63.8 Å². The Kier molecular flexibility index (Phi) is 2.85. The molecule has 0 saturated heterocycles. The van der Waals surface area contributed by atoms with E-state index in [1.165, 1.54) is 0 Å². The van der Waals surface area contributed by atoms with Gasteiger partial charge in [-0.2, -0.15) is 4.98 Å². The summed E-state index contributed by atoms with van der Waals surface area (Å²) >= 11 is 0. The lowest BCUT2D eigenvalue weighted by molar-refractivity contribution is 0.951. The normalized spacial score (nSPS) is 9.83. The zero-order chi connectivity index (χ0) is 8.97. The van der Waals surface area contributed by atoms with Gasteiger partial charge in [0, 0.05) is 18.3 Å². The van der Waals surface area contributed by atoms with Crippen molar-refractivity contribution in [3.8, 4) is 0 Å². The highest BCUT2D eigenvalue weighted by Crippen LogP contribution is 2.07. The number of aromatic nitrogens is 2. The summed E-state index contributed by atoms with van der Waals surface area (Å²) < 4.78 is 0. The number of hydrogen-bond acceptors (Lipinski definition) is 4. The summed E-state index contributed by atoms with van der Waals surface area (Å²) in [6.45, 7) is 4.85. The predicted molar refractivity (Wildman–Crippen MR) is 50.0 cm³/mol. The Hall–Kier alpha value is -1.32. The fourth-order valence-corrected chi connectivity index (χ4v) is 0.777. The van der Waals surface area contributed by atoms with Crippen molar-refractivity contribution in [3.63, 3.8) is 0 Å². The van der Waals surface area contributed by atoms with Crippen LogP contribution in [-0.2, 0) is 0 Å². The van der Waals surface area contributed by atoms with Gasteiger partial charge in [-0.15, -0.1) is 0 Å². The van der Waals surface area contributed by atoms with Gasteiger partial charge in [0.25, 0.3) is 0 Å². The van der Waals surface area contributed by atoms with Crippen LogP contribution in [0.4, 0.5) is 11.8 Å². The number of nitrogen functional groups attached to an aromatic ring is 1. The standard InChI is InChI=1S/C8H14N4/c1-3-4-10-8-11-5-6(2)7(9)12-8/h5H,3-4H2,1-2H3,(H3,9,10,11,12). The largest absolute Gasteiger partial charge is 0.383 e. The first-order valence-corrected chi connectivity index (χ1v) is 4.07. The summed E-state index contributed by atoms with van der Waals surface area (Å²) in [6.07, 6.45) is 2.78. The fourth-order valence-electron chi connectivity index (χ4n) is 0.777. The Balaban J connectivity index is 2.69. The first kappa shape index (κ1) is 8.77. The molecule has 0 aromatic carbocycles. The zero-order valence-corrected chi connectivity index (χ0v) is 7.46. The molecule has 0 aliphatic carbocycles. The van der Waals surface area contributed by atoms with Crippen molar-refractivity contribution in [1.82, 2.24) is 9.97 Å². The average molecular weight is 166 g/mol. The van der Waals surface area contributed by atoms with Crippen LogP contribution in [0.1, 0.15) is 18.9 Å². The quantitative estimate of drug-likeness (QED) is 0.708. The minimum atomic E-state index is 0.545. The molecule has 12 heavy (non-hydrogen) atoms. The molecule has 1 heterocycles. The molecule has 0 spiro atoms. The van der Waals surface area contributed by atoms with E-state index in [0.29, 0.717) is 11.8 Å². The van der Waals surface area contributed by atoms with Gasteiger partial charge in [-0.1, -0.05) is 6.92 Å². The Morgan fingerprint density at radius 1 is 1.58 bits per heavy atom. The van der Waals surface area contributed by atoms with Crippen molar-refractivity contribution in [3.05, 3.63) is 11.8 Å². The van der Waals surface area contributed by atoms with Crippen molar-refractivity contribution < 1.29 is 0 Å². The van der Waals surface area contributed by atoms with Crippen molar-refractivity contribution in [1.29, 1.82) is 0 Å². The van der Waals surface area contributed by atoms with E-state index in [4.69, 9.17) is 5.73 Å². The zero-order valence-electron chi connectivity index (χ0n) is 7.46. The van der Waals surface area contributed by atoms with E-state index in [1.54, 1.807) is 6.20 Å². The molecule has 0 saturated carbocycles. The smallest absolute Gasteiger partial charge is 0.224 e. The van der Waals surface area contributed by atoms with Crippen LogP contribution >= 0.6 is 0 Å².